The molecule has 0 spiro atoms. The molecule has 0 saturated heterocycles. The molecule has 4 aromatic heterocycles. The zero-order chi connectivity index (χ0) is 29.4. The van der Waals surface area contributed by atoms with Gasteiger partial charge in [0.15, 0.2) is 5.69 Å². The van der Waals surface area contributed by atoms with E-state index in [0.29, 0.717) is 47.4 Å². The van der Waals surface area contributed by atoms with Crippen molar-refractivity contribution in [2.75, 3.05) is 0 Å². The van der Waals surface area contributed by atoms with E-state index in [2.05, 4.69) is 25.4 Å². The molecule has 0 bridgehead atoms. The van der Waals surface area contributed by atoms with Gasteiger partial charge in [-0.15, -0.1) is 0 Å². The fourth-order valence-corrected chi connectivity index (χ4v) is 5.61. The summed E-state index contributed by atoms with van der Waals surface area (Å²) in [5.41, 5.74) is 2.26. The monoisotopic (exact) mass is 580 g/mol. The molecule has 1 unspecified atom stereocenters. The number of H-pyrrole nitrogens is 1. The minimum Gasteiger partial charge on any atom is -0.346 e. The van der Waals surface area contributed by atoms with Gasteiger partial charge in [-0.05, 0) is 68.0 Å². The number of alkyl halides is 3. The highest BCUT2D eigenvalue weighted by molar-refractivity contribution is 5.82. The Balaban J connectivity index is 1.36. The quantitative estimate of drug-likeness (QED) is 0.228. The van der Waals surface area contributed by atoms with Gasteiger partial charge in [0.2, 0.25) is 5.91 Å². The molecule has 5 aromatic rings. The van der Waals surface area contributed by atoms with Gasteiger partial charge in [-0.25, -0.2) is 13.8 Å². The van der Waals surface area contributed by atoms with Crippen LogP contribution in [0.5, 0.6) is 0 Å². The first-order valence-electron chi connectivity index (χ1n) is 13.4. The molecule has 6 rings (SSSR count). The third-order valence-corrected chi connectivity index (χ3v) is 7.40. The van der Waals surface area contributed by atoms with E-state index in [1.807, 2.05) is 12.1 Å². The van der Waals surface area contributed by atoms with Crippen molar-refractivity contribution >= 4 is 16.9 Å². The third kappa shape index (κ3) is 5.61. The average molecular weight is 581 g/mol. The van der Waals surface area contributed by atoms with E-state index in [4.69, 9.17) is 0 Å². The van der Waals surface area contributed by atoms with Crippen LogP contribution in [0.4, 0.5) is 22.0 Å². The molecule has 1 aliphatic carbocycles. The van der Waals surface area contributed by atoms with Gasteiger partial charge < -0.3 is 10.3 Å². The van der Waals surface area contributed by atoms with E-state index in [0.717, 1.165) is 28.3 Å². The van der Waals surface area contributed by atoms with Crippen LogP contribution in [0.2, 0.25) is 0 Å². The van der Waals surface area contributed by atoms with Crippen LogP contribution in [0.3, 0.4) is 0 Å². The number of hydrogen-bond acceptors (Lipinski definition) is 4. The predicted octanol–water partition coefficient (Wildman–Crippen LogP) is 6.10. The number of pyridine rings is 2. The second kappa shape index (κ2) is 11.0. The number of fused-ring (bicyclic) bond motifs is 2. The van der Waals surface area contributed by atoms with Gasteiger partial charge in [-0.2, -0.15) is 18.3 Å². The van der Waals surface area contributed by atoms with Crippen LogP contribution < -0.4 is 5.32 Å². The van der Waals surface area contributed by atoms with Crippen LogP contribution in [-0.4, -0.2) is 30.6 Å². The molecule has 0 saturated carbocycles. The highest BCUT2D eigenvalue weighted by atomic mass is 19.4. The molecule has 4 heterocycles. The summed E-state index contributed by atoms with van der Waals surface area (Å²) in [5, 5.41) is 7.48. The van der Waals surface area contributed by atoms with Crippen molar-refractivity contribution in [1.82, 2.24) is 30.0 Å². The minimum absolute atomic E-state index is 0.0325. The maximum Gasteiger partial charge on any atom is 0.435 e. The molecule has 1 aliphatic rings. The number of carbonyl (C=O) groups is 1. The number of hydrogen-bond donors (Lipinski definition) is 2. The van der Waals surface area contributed by atoms with Crippen LogP contribution in [0, 0.1) is 11.6 Å². The van der Waals surface area contributed by atoms with Crippen LogP contribution >= 0.6 is 0 Å². The maximum atomic E-state index is 14.1. The molecule has 0 fully saturated rings. The molecule has 216 valence electrons. The van der Waals surface area contributed by atoms with E-state index in [1.165, 1.54) is 6.20 Å². The molecule has 12 heteroatoms. The molecule has 0 aliphatic heterocycles. The van der Waals surface area contributed by atoms with Crippen LogP contribution in [0.1, 0.15) is 47.1 Å². The molecular formula is C30H25F5N6O. The Morgan fingerprint density at radius 1 is 1.05 bits per heavy atom. The second-order valence-corrected chi connectivity index (χ2v) is 10.3. The van der Waals surface area contributed by atoms with Gasteiger partial charge in [0.05, 0.1) is 11.7 Å². The molecule has 0 radical (unpaired) electrons. The van der Waals surface area contributed by atoms with Gasteiger partial charge >= 0.3 is 6.18 Å². The van der Waals surface area contributed by atoms with Crippen molar-refractivity contribution in [2.45, 2.75) is 50.9 Å². The Kier molecular flexibility index (Phi) is 7.21. The fourth-order valence-electron chi connectivity index (χ4n) is 5.61. The Hall–Kier alpha value is -4.61. The van der Waals surface area contributed by atoms with Crippen LogP contribution in [0.25, 0.3) is 22.2 Å². The van der Waals surface area contributed by atoms with Gasteiger partial charge in [-0.3, -0.25) is 14.5 Å². The number of aromatic amines is 1. The van der Waals surface area contributed by atoms with Gasteiger partial charge in [0.25, 0.3) is 0 Å². The lowest BCUT2D eigenvalue weighted by Gasteiger charge is -2.22. The van der Waals surface area contributed by atoms with E-state index in [-0.39, 0.29) is 24.0 Å². The summed E-state index contributed by atoms with van der Waals surface area (Å²) < 4.78 is 70.4. The number of carbonyl (C=O) groups excluding carboxylic acids is 1. The average Bonchev–Trinajstić information content (AvgIpc) is 3.57. The largest absolute Gasteiger partial charge is 0.435 e. The number of amides is 1. The summed E-state index contributed by atoms with van der Waals surface area (Å²) in [5.74, 6) is -2.17. The van der Waals surface area contributed by atoms with Crippen molar-refractivity contribution in [3.05, 3.63) is 101 Å². The summed E-state index contributed by atoms with van der Waals surface area (Å²) in [6.45, 7) is -0.453. The van der Waals surface area contributed by atoms with E-state index < -0.39 is 42.0 Å². The lowest BCUT2D eigenvalue weighted by Crippen LogP contribution is -2.34. The zero-order valence-corrected chi connectivity index (χ0v) is 22.2. The maximum absolute atomic E-state index is 14.1. The molecule has 1 atom stereocenters. The molecular weight excluding hydrogens is 555 g/mol. The Bertz CT molecular complexity index is 1760. The summed E-state index contributed by atoms with van der Waals surface area (Å²) in [6, 6.07) is 9.46. The smallest absolute Gasteiger partial charge is 0.346 e. The van der Waals surface area contributed by atoms with E-state index >= 15 is 0 Å². The van der Waals surface area contributed by atoms with E-state index in [9.17, 15) is 26.7 Å². The Labute approximate surface area is 236 Å². The Morgan fingerprint density at radius 2 is 1.83 bits per heavy atom. The lowest BCUT2D eigenvalue weighted by molar-refractivity contribution is -0.142. The predicted molar refractivity (Wildman–Crippen MR) is 144 cm³/mol. The number of benzene rings is 1. The molecule has 1 amide bonds. The number of halogens is 5. The second-order valence-electron chi connectivity index (χ2n) is 10.3. The molecule has 42 heavy (non-hydrogen) atoms. The molecule has 1 aromatic carbocycles. The van der Waals surface area contributed by atoms with Gasteiger partial charge in [0, 0.05) is 52.4 Å². The first-order chi connectivity index (χ1) is 20.2. The standard InChI is InChI=1S/C30H25F5N6O/c31-20-10-17(11-21(32)14-20)12-24(27-22(5-3-8-36-27)19-13-18-7-9-37-29(18)38-15-19)39-26(42)16-41-25-6-2-1-4-23(25)28(40-41)30(33,34)35/h3,5,7-11,13-15,24H,1-2,4,6,12,16H2,(H,37,38)(H,39,42). The number of aromatic nitrogens is 5. The van der Waals surface area contributed by atoms with Crippen molar-refractivity contribution in [3.8, 4) is 11.1 Å². The van der Waals surface area contributed by atoms with Crippen molar-refractivity contribution in [1.29, 1.82) is 0 Å². The number of nitrogens with one attached hydrogen (secondary N) is 2. The van der Waals surface area contributed by atoms with Crippen molar-refractivity contribution in [2.24, 2.45) is 0 Å². The highest BCUT2D eigenvalue weighted by Crippen LogP contribution is 2.36. The van der Waals surface area contributed by atoms with Crippen molar-refractivity contribution in [3.63, 3.8) is 0 Å². The highest BCUT2D eigenvalue weighted by Gasteiger charge is 2.39. The number of nitrogens with zero attached hydrogens (tertiary/aromatic N) is 4. The zero-order valence-electron chi connectivity index (χ0n) is 22.2. The molecule has 7 nitrogen and oxygen atoms in total. The third-order valence-electron chi connectivity index (χ3n) is 7.40. The Morgan fingerprint density at radius 3 is 2.62 bits per heavy atom. The summed E-state index contributed by atoms with van der Waals surface area (Å²) in [6.07, 6.45) is 2.22. The fraction of sp³-hybridized carbons (Fsp3) is 0.267. The van der Waals surface area contributed by atoms with Crippen LogP contribution in [-0.2, 0) is 36.8 Å². The topological polar surface area (TPSA) is 88.5 Å². The van der Waals surface area contributed by atoms with Gasteiger partial charge in [-0.1, -0.05) is 6.07 Å². The first kappa shape index (κ1) is 27.6. The lowest BCUT2D eigenvalue weighted by atomic mass is 9.95. The minimum atomic E-state index is -4.63. The SMILES string of the molecule is O=C(Cn1nc(C(F)(F)F)c2c1CCCC2)NC(Cc1cc(F)cc(F)c1)c1ncccc1-c1cnc2[nH]ccc2c1. The molecule has 2 N–H and O–H groups in total. The van der Waals surface area contributed by atoms with E-state index in [1.54, 1.807) is 24.5 Å². The number of rotatable bonds is 7. The first-order valence-corrected chi connectivity index (χ1v) is 13.4. The summed E-state index contributed by atoms with van der Waals surface area (Å²) >= 11 is 0. The summed E-state index contributed by atoms with van der Waals surface area (Å²) in [4.78, 5) is 25.4. The van der Waals surface area contributed by atoms with Crippen LogP contribution in [0.15, 0.2) is 61.1 Å². The van der Waals surface area contributed by atoms with Crippen molar-refractivity contribution < 1.29 is 26.7 Å². The van der Waals surface area contributed by atoms with Gasteiger partial charge in [0.1, 0.15) is 23.8 Å². The normalized spacial score (nSPS) is 14.1. The summed E-state index contributed by atoms with van der Waals surface area (Å²) in [7, 11) is 0.